The number of piperazine rings is 1. The SMILES string of the molecule is O=C1O[C@H](CC(=O)N2CCN(c3cccc(C(F)(F)F)c3)CC2)c2ccccc21. The van der Waals surface area contributed by atoms with E-state index in [0.29, 0.717) is 43.0 Å². The summed E-state index contributed by atoms with van der Waals surface area (Å²) in [6, 6.07) is 12.2. The Balaban J connectivity index is 1.37. The van der Waals surface area contributed by atoms with Crippen LogP contribution >= 0.6 is 0 Å². The first-order chi connectivity index (χ1) is 13.8. The average molecular weight is 404 g/mol. The molecule has 2 aromatic rings. The van der Waals surface area contributed by atoms with Crippen molar-refractivity contribution in [3.63, 3.8) is 0 Å². The second-order valence-corrected chi connectivity index (χ2v) is 7.10. The minimum Gasteiger partial charge on any atom is -0.453 e. The van der Waals surface area contributed by atoms with E-state index in [2.05, 4.69) is 0 Å². The molecule has 2 aliphatic heterocycles. The molecule has 0 N–H and O–H groups in total. The Morgan fingerprint density at radius 2 is 1.76 bits per heavy atom. The Hall–Kier alpha value is -3.03. The molecule has 2 aliphatic rings. The van der Waals surface area contributed by atoms with Gasteiger partial charge in [0.25, 0.3) is 0 Å². The summed E-state index contributed by atoms with van der Waals surface area (Å²) < 4.78 is 44.1. The Morgan fingerprint density at radius 1 is 1.03 bits per heavy atom. The van der Waals surface area contributed by atoms with Crippen molar-refractivity contribution >= 4 is 17.6 Å². The van der Waals surface area contributed by atoms with Gasteiger partial charge in [0, 0.05) is 37.4 Å². The molecule has 0 spiro atoms. The fourth-order valence-electron chi connectivity index (χ4n) is 3.75. The number of esters is 1. The summed E-state index contributed by atoms with van der Waals surface area (Å²) in [5, 5.41) is 0. The molecule has 1 amide bonds. The van der Waals surface area contributed by atoms with Crippen LogP contribution in [0.3, 0.4) is 0 Å². The van der Waals surface area contributed by atoms with E-state index in [-0.39, 0.29) is 12.3 Å². The van der Waals surface area contributed by atoms with Crippen molar-refractivity contribution in [3.8, 4) is 0 Å². The van der Waals surface area contributed by atoms with Gasteiger partial charge in [0.2, 0.25) is 5.91 Å². The number of hydrogen-bond acceptors (Lipinski definition) is 4. The van der Waals surface area contributed by atoms with Crippen LogP contribution in [0.5, 0.6) is 0 Å². The van der Waals surface area contributed by atoms with Crippen molar-refractivity contribution in [1.29, 1.82) is 0 Å². The third kappa shape index (κ3) is 3.92. The summed E-state index contributed by atoms with van der Waals surface area (Å²) in [7, 11) is 0. The number of cyclic esters (lactones) is 1. The summed E-state index contributed by atoms with van der Waals surface area (Å²) in [6.07, 6.45) is -4.91. The highest BCUT2D eigenvalue weighted by molar-refractivity contribution is 5.94. The number of rotatable bonds is 3. The van der Waals surface area contributed by atoms with E-state index in [1.807, 2.05) is 4.90 Å². The number of nitrogens with zero attached hydrogens (tertiary/aromatic N) is 2. The van der Waals surface area contributed by atoms with Gasteiger partial charge in [-0.1, -0.05) is 24.3 Å². The number of carbonyl (C=O) groups excluding carboxylic acids is 2. The molecule has 0 aromatic heterocycles. The van der Waals surface area contributed by atoms with Crippen LogP contribution in [-0.4, -0.2) is 43.0 Å². The molecule has 1 atom stereocenters. The van der Waals surface area contributed by atoms with Crippen molar-refractivity contribution in [2.75, 3.05) is 31.1 Å². The number of amides is 1. The third-order valence-electron chi connectivity index (χ3n) is 5.31. The lowest BCUT2D eigenvalue weighted by Crippen LogP contribution is -2.49. The van der Waals surface area contributed by atoms with E-state index in [1.165, 1.54) is 6.07 Å². The molecule has 1 saturated heterocycles. The third-order valence-corrected chi connectivity index (χ3v) is 5.31. The standard InChI is InChI=1S/C21H19F3N2O3/c22-21(23,24)14-4-3-5-15(12-14)25-8-10-26(11-9-25)19(27)13-18-16-6-1-2-7-17(16)20(28)29-18/h1-7,12,18H,8-11,13H2/t18-/m1/s1. The summed E-state index contributed by atoms with van der Waals surface area (Å²) in [6.45, 7) is 1.68. The van der Waals surface area contributed by atoms with Crippen LogP contribution in [0.15, 0.2) is 48.5 Å². The molecule has 0 radical (unpaired) electrons. The van der Waals surface area contributed by atoms with E-state index in [4.69, 9.17) is 4.74 Å². The summed E-state index contributed by atoms with van der Waals surface area (Å²) in [5.41, 5.74) is 1.01. The second-order valence-electron chi connectivity index (χ2n) is 7.10. The number of hydrogen-bond donors (Lipinski definition) is 0. The molecule has 2 aromatic carbocycles. The number of carbonyl (C=O) groups is 2. The molecular formula is C21H19F3N2O3. The molecule has 0 aliphatic carbocycles. The van der Waals surface area contributed by atoms with Gasteiger partial charge in [-0.15, -0.1) is 0 Å². The molecular weight excluding hydrogens is 385 g/mol. The average Bonchev–Trinajstić information content (AvgIpc) is 3.03. The molecule has 1 fully saturated rings. The zero-order valence-electron chi connectivity index (χ0n) is 15.5. The smallest absolute Gasteiger partial charge is 0.416 e. The van der Waals surface area contributed by atoms with Crippen LogP contribution < -0.4 is 4.90 Å². The lowest BCUT2D eigenvalue weighted by molar-refractivity contribution is -0.137. The molecule has 5 nitrogen and oxygen atoms in total. The van der Waals surface area contributed by atoms with Crippen LogP contribution in [0.2, 0.25) is 0 Å². The van der Waals surface area contributed by atoms with Crippen molar-refractivity contribution in [1.82, 2.24) is 4.90 Å². The van der Waals surface area contributed by atoms with E-state index < -0.39 is 23.8 Å². The number of ether oxygens (including phenoxy) is 1. The van der Waals surface area contributed by atoms with Gasteiger partial charge in [-0.05, 0) is 24.3 Å². The normalized spacial score (nSPS) is 19.1. The van der Waals surface area contributed by atoms with Gasteiger partial charge < -0.3 is 14.5 Å². The summed E-state index contributed by atoms with van der Waals surface area (Å²) >= 11 is 0. The van der Waals surface area contributed by atoms with Crippen molar-refractivity contribution in [2.24, 2.45) is 0 Å². The maximum atomic E-state index is 12.9. The van der Waals surface area contributed by atoms with Crippen molar-refractivity contribution in [2.45, 2.75) is 18.7 Å². The minimum absolute atomic E-state index is 0.0618. The predicted octanol–water partition coefficient (Wildman–Crippen LogP) is 3.66. The van der Waals surface area contributed by atoms with Gasteiger partial charge in [0.1, 0.15) is 6.10 Å². The fraction of sp³-hybridized carbons (Fsp3) is 0.333. The van der Waals surface area contributed by atoms with Crippen molar-refractivity contribution < 1.29 is 27.5 Å². The minimum atomic E-state index is -4.39. The molecule has 8 heteroatoms. The zero-order valence-corrected chi connectivity index (χ0v) is 15.5. The Labute approximate surface area is 165 Å². The summed E-state index contributed by atoms with van der Waals surface area (Å²) in [5.74, 6) is -0.559. The van der Waals surface area contributed by atoms with Crippen LogP contribution in [0.25, 0.3) is 0 Å². The Bertz CT molecular complexity index is 937. The molecule has 2 heterocycles. The maximum absolute atomic E-state index is 12.9. The van der Waals surface area contributed by atoms with Crippen LogP contribution in [0.4, 0.5) is 18.9 Å². The number of fused-ring (bicyclic) bond motifs is 1. The predicted molar refractivity (Wildman–Crippen MR) is 99.5 cm³/mol. The number of halogens is 3. The highest BCUT2D eigenvalue weighted by atomic mass is 19.4. The monoisotopic (exact) mass is 404 g/mol. The molecule has 0 bridgehead atoms. The van der Waals surface area contributed by atoms with Gasteiger partial charge in [-0.2, -0.15) is 13.2 Å². The number of anilines is 1. The highest BCUT2D eigenvalue weighted by Crippen LogP contribution is 2.34. The van der Waals surface area contributed by atoms with Gasteiger partial charge in [-0.3, -0.25) is 4.79 Å². The topological polar surface area (TPSA) is 49.9 Å². The zero-order chi connectivity index (χ0) is 20.6. The molecule has 29 heavy (non-hydrogen) atoms. The lowest BCUT2D eigenvalue weighted by atomic mass is 10.0. The van der Waals surface area contributed by atoms with Crippen LogP contribution in [0.1, 0.15) is 34.0 Å². The number of benzene rings is 2. The van der Waals surface area contributed by atoms with E-state index in [0.717, 1.165) is 12.1 Å². The Morgan fingerprint density at radius 3 is 2.48 bits per heavy atom. The van der Waals surface area contributed by atoms with Gasteiger partial charge >= 0.3 is 12.1 Å². The van der Waals surface area contributed by atoms with Crippen LogP contribution in [-0.2, 0) is 15.7 Å². The molecule has 4 rings (SSSR count). The van der Waals surface area contributed by atoms with Gasteiger partial charge in [-0.25, -0.2) is 4.79 Å². The maximum Gasteiger partial charge on any atom is 0.416 e. The second kappa shape index (κ2) is 7.42. The summed E-state index contributed by atoms with van der Waals surface area (Å²) in [4.78, 5) is 28.1. The van der Waals surface area contributed by atoms with E-state index in [9.17, 15) is 22.8 Å². The molecule has 0 unspecified atom stereocenters. The van der Waals surface area contributed by atoms with Gasteiger partial charge in [0.05, 0.1) is 17.5 Å². The van der Waals surface area contributed by atoms with Crippen molar-refractivity contribution in [3.05, 3.63) is 65.2 Å². The Kier molecular flexibility index (Phi) is 4.94. The molecule has 0 saturated carbocycles. The first kappa shape index (κ1) is 19.3. The molecule has 152 valence electrons. The number of alkyl halides is 3. The quantitative estimate of drug-likeness (QED) is 0.733. The fourth-order valence-corrected chi connectivity index (χ4v) is 3.75. The van der Waals surface area contributed by atoms with Crippen LogP contribution in [0, 0.1) is 0 Å². The largest absolute Gasteiger partial charge is 0.453 e. The van der Waals surface area contributed by atoms with E-state index in [1.54, 1.807) is 35.2 Å². The lowest BCUT2D eigenvalue weighted by Gasteiger charge is -2.36. The van der Waals surface area contributed by atoms with E-state index >= 15 is 0 Å². The first-order valence-corrected chi connectivity index (χ1v) is 9.33. The first-order valence-electron chi connectivity index (χ1n) is 9.33. The van der Waals surface area contributed by atoms with Gasteiger partial charge in [0.15, 0.2) is 0 Å². The highest BCUT2D eigenvalue weighted by Gasteiger charge is 2.34.